The summed E-state index contributed by atoms with van der Waals surface area (Å²) in [6, 6.07) is 8.77. The van der Waals surface area contributed by atoms with Crippen LogP contribution >= 0.6 is 23.2 Å². The summed E-state index contributed by atoms with van der Waals surface area (Å²) in [6.45, 7) is 3.77. The van der Waals surface area contributed by atoms with Crippen LogP contribution in [0.3, 0.4) is 0 Å². The van der Waals surface area contributed by atoms with E-state index < -0.39 is 0 Å². The van der Waals surface area contributed by atoms with Gasteiger partial charge in [0.1, 0.15) is 11.3 Å². The standard InChI is InChI=1S/C16H13Cl2N3O/c1-9-3-6-14-19-10(2)15(21(14)8-9)16(22)20-13-7-11(17)4-5-12(13)18/h3-8H,1-2H3,(H,20,22). The fourth-order valence-corrected chi connectivity index (χ4v) is 2.65. The van der Waals surface area contributed by atoms with Crippen LogP contribution in [-0.2, 0) is 0 Å². The molecule has 0 aliphatic carbocycles. The SMILES string of the molecule is Cc1ccc2nc(C)c(C(=O)Nc3cc(Cl)ccc3Cl)n2c1. The molecule has 112 valence electrons. The van der Waals surface area contributed by atoms with E-state index in [1.807, 2.05) is 25.3 Å². The molecule has 6 heteroatoms. The van der Waals surface area contributed by atoms with Crippen molar-refractivity contribution in [3.63, 3.8) is 0 Å². The highest BCUT2D eigenvalue weighted by Crippen LogP contribution is 2.26. The van der Waals surface area contributed by atoms with Crippen molar-refractivity contribution >= 4 is 40.4 Å². The average molecular weight is 334 g/mol. The molecule has 2 heterocycles. The van der Waals surface area contributed by atoms with Gasteiger partial charge in [-0.15, -0.1) is 0 Å². The molecule has 1 aromatic carbocycles. The number of imidazole rings is 1. The average Bonchev–Trinajstić information content (AvgIpc) is 2.78. The van der Waals surface area contributed by atoms with Gasteiger partial charge in [-0.05, 0) is 43.7 Å². The number of anilines is 1. The number of amides is 1. The Balaban J connectivity index is 2.04. The fourth-order valence-electron chi connectivity index (χ4n) is 2.32. The minimum Gasteiger partial charge on any atom is -0.319 e. The van der Waals surface area contributed by atoms with Gasteiger partial charge in [0.2, 0.25) is 0 Å². The molecule has 0 aliphatic heterocycles. The number of aryl methyl sites for hydroxylation is 2. The molecule has 22 heavy (non-hydrogen) atoms. The van der Waals surface area contributed by atoms with Gasteiger partial charge in [-0.3, -0.25) is 9.20 Å². The molecule has 0 unspecified atom stereocenters. The van der Waals surface area contributed by atoms with Crippen LogP contribution in [0.25, 0.3) is 5.65 Å². The van der Waals surface area contributed by atoms with Crippen LogP contribution in [0.15, 0.2) is 36.5 Å². The van der Waals surface area contributed by atoms with E-state index in [-0.39, 0.29) is 5.91 Å². The Morgan fingerprint density at radius 3 is 2.73 bits per heavy atom. The summed E-state index contributed by atoms with van der Waals surface area (Å²) in [5.41, 5.74) is 3.38. The van der Waals surface area contributed by atoms with Gasteiger partial charge in [0.15, 0.2) is 0 Å². The summed E-state index contributed by atoms with van der Waals surface area (Å²) in [5.74, 6) is -0.278. The van der Waals surface area contributed by atoms with Gasteiger partial charge in [-0.1, -0.05) is 29.3 Å². The van der Waals surface area contributed by atoms with E-state index >= 15 is 0 Å². The minimum atomic E-state index is -0.278. The number of hydrogen-bond donors (Lipinski definition) is 1. The van der Waals surface area contributed by atoms with Crippen molar-refractivity contribution in [1.82, 2.24) is 9.38 Å². The molecule has 0 bridgehead atoms. The number of carbonyl (C=O) groups excluding carboxylic acids is 1. The first-order valence-electron chi connectivity index (χ1n) is 6.67. The van der Waals surface area contributed by atoms with Gasteiger partial charge in [0, 0.05) is 11.2 Å². The van der Waals surface area contributed by atoms with E-state index in [4.69, 9.17) is 23.2 Å². The van der Waals surface area contributed by atoms with Crippen LogP contribution in [0, 0.1) is 13.8 Å². The summed E-state index contributed by atoms with van der Waals surface area (Å²) in [7, 11) is 0. The monoisotopic (exact) mass is 333 g/mol. The molecule has 0 saturated heterocycles. The maximum Gasteiger partial charge on any atom is 0.274 e. The molecule has 0 spiro atoms. The van der Waals surface area contributed by atoms with Gasteiger partial charge in [0.25, 0.3) is 5.91 Å². The molecule has 0 radical (unpaired) electrons. The number of rotatable bonds is 2. The smallest absolute Gasteiger partial charge is 0.274 e. The van der Waals surface area contributed by atoms with Gasteiger partial charge >= 0.3 is 0 Å². The molecule has 4 nitrogen and oxygen atoms in total. The molecule has 0 saturated carbocycles. The maximum absolute atomic E-state index is 12.6. The van der Waals surface area contributed by atoms with E-state index in [0.717, 1.165) is 11.2 Å². The molecule has 3 aromatic rings. The molecule has 0 fully saturated rings. The Hall–Kier alpha value is -2.04. The zero-order chi connectivity index (χ0) is 15.9. The molecule has 3 rings (SSSR count). The lowest BCUT2D eigenvalue weighted by atomic mass is 10.2. The second kappa shape index (κ2) is 5.63. The summed E-state index contributed by atoms with van der Waals surface area (Å²) < 4.78 is 1.78. The van der Waals surface area contributed by atoms with Crippen molar-refractivity contribution in [2.24, 2.45) is 0 Å². The third kappa shape index (κ3) is 2.67. The van der Waals surface area contributed by atoms with E-state index in [1.54, 1.807) is 29.5 Å². The molecule has 2 aromatic heterocycles. The highest BCUT2D eigenvalue weighted by atomic mass is 35.5. The Labute approximate surface area is 137 Å². The number of fused-ring (bicyclic) bond motifs is 1. The Kier molecular flexibility index (Phi) is 3.81. The van der Waals surface area contributed by atoms with E-state index in [2.05, 4.69) is 10.3 Å². The summed E-state index contributed by atoms with van der Waals surface area (Å²) in [5, 5.41) is 3.73. The van der Waals surface area contributed by atoms with Gasteiger partial charge in [-0.25, -0.2) is 4.98 Å². The lowest BCUT2D eigenvalue weighted by Crippen LogP contribution is -2.16. The van der Waals surface area contributed by atoms with Crippen molar-refractivity contribution in [1.29, 1.82) is 0 Å². The lowest BCUT2D eigenvalue weighted by Gasteiger charge is -2.08. The predicted octanol–water partition coefficient (Wildman–Crippen LogP) is 4.51. The summed E-state index contributed by atoms with van der Waals surface area (Å²) in [6.07, 6.45) is 1.88. The van der Waals surface area contributed by atoms with Crippen molar-refractivity contribution in [3.8, 4) is 0 Å². The molecule has 1 N–H and O–H groups in total. The van der Waals surface area contributed by atoms with E-state index in [0.29, 0.717) is 27.1 Å². The fraction of sp³-hybridized carbons (Fsp3) is 0.125. The molecule has 0 atom stereocenters. The number of carbonyl (C=O) groups is 1. The number of hydrogen-bond acceptors (Lipinski definition) is 2. The van der Waals surface area contributed by atoms with Crippen LogP contribution in [0.4, 0.5) is 5.69 Å². The predicted molar refractivity (Wildman–Crippen MR) is 89.1 cm³/mol. The number of halogens is 2. The number of pyridine rings is 1. The Morgan fingerprint density at radius 2 is 1.95 bits per heavy atom. The normalized spacial score (nSPS) is 10.9. The highest BCUT2D eigenvalue weighted by Gasteiger charge is 2.17. The number of nitrogens with zero attached hydrogens (tertiary/aromatic N) is 2. The van der Waals surface area contributed by atoms with Crippen LogP contribution in [-0.4, -0.2) is 15.3 Å². The summed E-state index contributed by atoms with van der Waals surface area (Å²) >= 11 is 12.0. The lowest BCUT2D eigenvalue weighted by molar-refractivity contribution is 0.102. The first kappa shape index (κ1) is 14.9. The van der Waals surface area contributed by atoms with E-state index in [1.165, 1.54) is 0 Å². The number of benzene rings is 1. The quantitative estimate of drug-likeness (QED) is 0.749. The van der Waals surface area contributed by atoms with Gasteiger partial charge < -0.3 is 5.32 Å². The first-order chi connectivity index (χ1) is 10.5. The maximum atomic E-state index is 12.6. The Bertz CT molecular complexity index is 886. The number of aromatic nitrogens is 2. The van der Waals surface area contributed by atoms with Crippen LogP contribution in [0.5, 0.6) is 0 Å². The number of nitrogens with one attached hydrogen (secondary N) is 1. The first-order valence-corrected chi connectivity index (χ1v) is 7.43. The van der Waals surface area contributed by atoms with Gasteiger partial charge in [-0.2, -0.15) is 0 Å². The van der Waals surface area contributed by atoms with Crippen molar-refractivity contribution in [3.05, 3.63) is 63.5 Å². The molecular formula is C16H13Cl2N3O. The summed E-state index contributed by atoms with van der Waals surface area (Å²) in [4.78, 5) is 17.0. The zero-order valence-electron chi connectivity index (χ0n) is 12.0. The molecule has 1 amide bonds. The third-order valence-electron chi connectivity index (χ3n) is 3.33. The van der Waals surface area contributed by atoms with Crippen molar-refractivity contribution < 1.29 is 4.79 Å². The Morgan fingerprint density at radius 1 is 1.18 bits per heavy atom. The second-order valence-electron chi connectivity index (χ2n) is 5.06. The van der Waals surface area contributed by atoms with Crippen LogP contribution in [0.1, 0.15) is 21.7 Å². The van der Waals surface area contributed by atoms with Crippen molar-refractivity contribution in [2.75, 3.05) is 5.32 Å². The topological polar surface area (TPSA) is 46.4 Å². The largest absolute Gasteiger partial charge is 0.319 e. The van der Waals surface area contributed by atoms with Crippen molar-refractivity contribution in [2.45, 2.75) is 13.8 Å². The second-order valence-corrected chi connectivity index (χ2v) is 5.90. The van der Waals surface area contributed by atoms with Crippen LogP contribution in [0.2, 0.25) is 10.0 Å². The van der Waals surface area contributed by atoms with E-state index in [9.17, 15) is 4.79 Å². The molecular weight excluding hydrogens is 321 g/mol. The van der Waals surface area contributed by atoms with Crippen LogP contribution < -0.4 is 5.32 Å². The highest BCUT2D eigenvalue weighted by molar-refractivity contribution is 6.35. The minimum absolute atomic E-state index is 0.278. The zero-order valence-corrected chi connectivity index (χ0v) is 13.5. The molecule has 0 aliphatic rings. The van der Waals surface area contributed by atoms with Gasteiger partial charge in [0.05, 0.1) is 16.4 Å². The third-order valence-corrected chi connectivity index (χ3v) is 3.90.